The molecule has 4 aromatic rings. The molecule has 0 aromatic heterocycles. The van der Waals surface area contributed by atoms with E-state index < -0.39 is 5.97 Å². The fourth-order valence-electron chi connectivity index (χ4n) is 4.57. The number of nitrogens with one attached hydrogen (secondary N) is 1. The van der Waals surface area contributed by atoms with Gasteiger partial charge in [-0.05, 0) is 96.9 Å². The molecule has 0 amide bonds. The number of esters is 1. The van der Waals surface area contributed by atoms with E-state index in [1.54, 1.807) is 66.9 Å². The number of benzene rings is 4. The maximum atomic E-state index is 12.6. The number of anilines is 1. The first-order valence-electron chi connectivity index (χ1n) is 15.8. The maximum absolute atomic E-state index is 12.6. The molecule has 0 bridgehead atoms. The molecule has 1 N–H and O–H groups in total. The van der Waals surface area contributed by atoms with Crippen molar-refractivity contribution >= 4 is 29.2 Å². The molecule has 0 fully saturated rings. The predicted octanol–water partition coefficient (Wildman–Crippen LogP) is 10.2. The lowest BCUT2D eigenvalue weighted by atomic mass is 10.1. The lowest BCUT2D eigenvalue weighted by Crippen LogP contribution is -2.08. The van der Waals surface area contributed by atoms with Gasteiger partial charge in [-0.2, -0.15) is 0 Å². The van der Waals surface area contributed by atoms with Gasteiger partial charge < -0.3 is 14.7 Å². The molecular weight excluding hydrogens is 564 g/mol. The van der Waals surface area contributed by atoms with Crippen molar-refractivity contribution in [1.29, 1.82) is 0 Å². The summed E-state index contributed by atoms with van der Waals surface area (Å²) in [5, 5.41) is 15.8. The number of hydrogen-bond donors (Lipinski definition) is 1. The van der Waals surface area contributed by atoms with Gasteiger partial charge in [-0.1, -0.05) is 76.5 Å². The standard InChI is InChI=1S/C37H42N4O4/c1-2-3-4-5-6-7-8-9-13-28-44-35-26-22-32(23-27-35)38-29-30-16-24-36(25-17-30)45-37(42)31-18-20-33(21-19-31)39-40-41(43)34-14-11-10-12-15-34/h10-12,14-27,29,39H,2-9,13,28H2,1H3/b38-29?,41-40-. The molecule has 45 heavy (non-hydrogen) atoms. The lowest BCUT2D eigenvalue weighted by molar-refractivity contribution is -0.439. The summed E-state index contributed by atoms with van der Waals surface area (Å²) in [5.41, 5.74) is 5.72. The third-order valence-electron chi connectivity index (χ3n) is 7.17. The first kappa shape index (κ1) is 32.9. The summed E-state index contributed by atoms with van der Waals surface area (Å²) in [6, 6.07) is 30.1. The van der Waals surface area contributed by atoms with Gasteiger partial charge in [-0.15, -0.1) is 10.3 Å². The summed E-state index contributed by atoms with van der Waals surface area (Å²) < 4.78 is 11.4. The molecule has 0 aliphatic rings. The molecule has 0 radical (unpaired) electrons. The SMILES string of the molecule is CCCCCCCCCCCOc1ccc(N=Cc2ccc(OC(=O)c3ccc(N/N=[N+](\[O-])c4ccccc4)cc3)cc2)cc1. The maximum Gasteiger partial charge on any atom is 0.343 e. The molecule has 0 unspecified atom stereocenters. The second-order valence-corrected chi connectivity index (χ2v) is 10.8. The van der Waals surface area contributed by atoms with Gasteiger partial charge in [0.2, 0.25) is 0 Å². The van der Waals surface area contributed by atoms with Gasteiger partial charge in [0.1, 0.15) is 17.2 Å². The third kappa shape index (κ3) is 11.9. The van der Waals surface area contributed by atoms with E-state index in [-0.39, 0.29) is 0 Å². The predicted molar refractivity (Wildman–Crippen MR) is 180 cm³/mol. The zero-order chi connectivity index (χ0) is 31.5. The minimum atomic E-state index is -0.491. The number of aliphatic imine (C=N–C) groups is 1. The van der Waals surface area contributed by atoms with E-state index in [0.717, 1.165) is 30.0 Å². The van der Waals surface area contributed by atoms with Crippen molar-refractivity contribution in [1.82, 2.24) is 0 Å². The number of para-hydroxylation sites is 1. The Morgan fingerprint density at radius 3 is 2.04 bits per heavy atom. The van der Waals surface area contributed by atoms with E-state index >= 15 is 0 Å². The molecule has 0 atom stereocenters. The number of hydrogen-bond acceptors (Lipinski definition) is 6. The van der Waals surface area contributed by atoms with E-state index in [1.165, 1.54) is 51.4 Å². The molecular formula is C37H42N4O4. The van der Waals surface area contributed by atoms with Crippen LogP contribution < -0.4 is 14.9 Å². The van der Waals surface area contributed by atoms with Crippen molar-refractivity contribution in [2.75, 3.05) is 12.0 Å². The highest BCUT2D eigenvalue weighted by atomic mass is 16.5. The van der Waals surface area contributed by atoms with Crippen LogP contribution in [0.5, 0.6) is 11.5 Å². The van der Waals surface area contributed by atoms with Crippen LogP contribution in [-0.4, -0.2) is 23.7 Å². The fourth-order valence-corrected chi connectivity index (χ4v) is 4.57. The topological polar surface area (TPSA) is 98.4 Å². The lowest BCUT2D eigenvalue weighted by Gasteiger charge is -2.07. The van der Waals surface area contributed by atoms with E-state index in [0.29, 0.717) is 27.5 Å². The van der Waals surface area contributed by atoms with Crippen LogP contribution in [0.4, 0.5) is 17.1 Å². The first-order valence-corrected chi connectivity index (χ1v) is 15.8. The highest BCUT2D eigenvalue weighted by Gasteiger charge is 2.10. The summed E-state index contributed by atoms with van der Waals surface area (Å²) in [6.07, 6.45) is 13.4. The van der Waals surface area contributed by atoms with Gasteiger partial charge in [0.05, 0.1) is 23.1 Å². The Bertz CT molecular complexity index is 1490. The Labute approximate surface area is 266 Å². The Morgan fingerprint density at radius 1 is 0.756 bits per heavy atom. The van der Waals surface area contributed by atoms with Crippen molar-refractivity contribution < 1.29 is 19.1 Å². The summed E-state index contributed by atoms with van der Waals surface area (Å²) in [4.78, 5) is 17.6. The number of carbonyl (C=O) groups is 1. The molecule has 8 heteroatoms. The van der Waals surface area contributed by atoms with Crippen molar-refractivity contribution in [3.63, 3.8) is 0 Å². The molecule has 0 saturated heterocycles. The molecule has 8 nitrogen and oxygen atoms in total. The van der Waals surface area contributed by atoms with Gasteiger partial charge in [0.25, 0.3) is 0 Å². The van der Waals surface area contributed by atoms with Crippen LogP contribution in [0.15, 0.2) is 113 Å². The molecule has 0 saturated carbocycles. The summed E-state index contributed by atoms with van der Waals surface area (Å²) in [7, 11) is 0. The smallest absolute Gasteiger partial charge is 0.343 e. The summed E-state index contributed by atoms with van der Waals surface area (Å²) in [5.74, 6) is 0.792. The largest absolute Gasteiger partial charge is 0.691 e. The Kier molecular flexibility index (Phi) is 13.6. The van der Waals surface area contributed by atoms with Crippen molar-refractivity contribution in [3.8, 4) is 11.5 Å². The number of rotatable bonds is 18. The number of unbranched alkanes of at least 4 members (excludes halogenated alkanes) is 8. The second-order valence-electron chi connectivity index (χ2n) is 10.8. The van der Waals surface area contributed by atoms with Crippen molar-refractivity contribution in [3.05, 3.63) is 119 Å². The van der Waals surface area contributed by atoms with Crippen molar-refractivity contribution in [2.24, 2.45) is 10.2 Å². The van der Waals surface area contributed by atoms with Crippen LogP contribution in [0.1, 0.15) is 80.6 Å². The van der Waals surface area contributed by atoms with E-state index in [2.05, 4.69) is 22.6 Å². The molecule has 0 aliphatic carbocycles. The van der Waals surface area contributed by atoms with Crippen LogP contribution in [0.2, 0.25) is 0 Å². The van der Waals surface area contributed by atoms with E-state index in [9.17, 15) is 10.0 Å². The third-order valence-corrected chi connectivity index (χ3v) is 7.17. The van der Waals surface area contributed by atoms with Gasteiger partial charge in [0, 0.05) is 6.21 Å². The highest BCUT2D eigenvalue weighted by Crippen LogP contribution is 2.20. The average Bonchev–Trinajstić information content (AvgIpc) is 3.09. The van der Waals surface area contributed by atoms with Gasteiger partial charge in [-0.3, -0.25) is 4.99 Å². The van der Waals surface area contributed by atoms with Crippen LogP contribution in [0, 0.1) is 5.21 Å². The van der Waals surface area contributed by atoms with Gasteiger partial charge in [-0.25, -0.2) is 4.79 Å². The zero-order valence-corrected chi connectivity index (χ0v) is 25.9. The van der Waals surface area contributed by atoms with Crippen LogP contribution >= 0.6 is 0 Å². The van der Waals surface area contributed by atoms with Gasteiger partial charge in [0.15, 0.2) is 5.69 Å². The Balaban J connectivity index is 1.16. The zero-order valence-electron chi connectivity index (χ0n) is 25.9. The summed E-state index contributed by atoms with van der Waals surface area (Å²) in [6.45, 7) is 3.00. The number of ether oxygens (including phenoxy) is 2. The first-order chi connectivity index (χ1) is 22.1. The van der Waals surface area contributed by atoms with Gasteiger partial charge >= 0.3 is 5.97 Å². The second kappa shape index (κ2) is 18.6. The monoisotopic (exact) mass is 606 g/mol. The average molecular weight is 607 g/mol. The fraction of sp³-hybridized carbons (Fsp3) is 0.297. The molecule has 0 aliphatic heterocycles. The quantitative estimate of drug-likeness (QED) is 0.0231. The van der Waals surface area contributed by atoms with E-state index in [1.807, 2.05) is 42.5 Å². The molecule has 234 valence electrons. The molecule has 4 rings (SSSR count). The summed E-state index contributed by atoms with van der Waals surface area (Å²) >= 11 is 0. The Morgan fingerprint density at radius 2 is 1.38 bits per heavy atom. The Hall–Kier alpha value is -4.98. The number of nitrogens with zero attached hydrogens (tertiary/aromatic N) is 3. The molecule has 0 heterocycles. The highest BCUT2D eigenvalue weighted by molar-refractivity contribution is 5.91. The minimum absolute atomic E-state index is 0.369. The molecule has 4 aromatic carbocycles. The van der Waals surface area contributed by atoms with Crippen molar-refractivity contribution in [2.45, 2.75) is 64.7 Å². The molecule has 0 spiro atoms. The van der Waals surface area contributed by atoms with Crippen LogP contribution in [0.25, 0.3) is 0 Å². The normalized spacial score (nSPS) is 11.4. The van der Waals surface area contributed by atoms with Crippen LogP contribution in [-0.2, 0) is 0 Å². The number of carbonyl (C=O) groups excluding carboxylic acids is 1. The van der Waals surface area contributed by atoms with Crippen LogP contribution in [0.3, 0.4) is 0 Å². The minimum Gasteiger partial charge on any atom is -0.691 e. The van der Waals surface area contributed by atoms with E-state index in [4.69, 9.17) is 9.47 Å².